The van der Waals surface area contributed by atoms with Crippen LogP contribution in [-0.4, -0.2) is 24.4 Å². The average Bonchev–Trinajstić information content (AvgIpc) is 3.19. The van der Waals surface area contributed by atoms with Crippen molar-refractivity contribution in [3.63, 3.8) is 0 Å². The van der Waals surface area contributed by atoms with Gasteiger partial charge in [0.1, 0.15) is 5.82 Å². The quantitative estimate of drug-likeness (QED) is 0.676. The van der Waals surface area contributed by atoms with E-state index in [9.17, 15) is 0 Å². The number of hydrogen-bond donors (Lipinski definition) is 2. The summed E-state index contributed by atoms with van der Waals surface area (Å²) < 4.78 is 10.9. The highest BCUT2D eigenvalue weighted by Crippen LogP contribution is 2.50. The number of aromatic amines is 1. The van der Waals surface area contributed by atoms with Gasteiger partial charge in [-0.25, -0.2) is 0 Å². The van der Waals surface area contributed by atoms with Crippen molar-refractivity contribution in [1.29, 1.82) is 0 Å². The van der Waals surface area contributed by atoms with Crippen LogP contribution in [0, 0.1) is 0 Å². The lowest BCUT2D eigenvalue weighted by molar-refractivity contribution is 0.354. The van der Waals surface area contributed by atoms with Gasteiger partial charge < -0.3 is 14.8 Å². The van der Waals surface area contributed by atoms with Gasteiger partial charge in [0.05, 0.1) is 19.9 Å². The summed E-state index contributed by atoms with van der Waals surface area (Å²) >= 11 is 6.07. The van der Waals surface area contributed by atoms with Crippen molar-refractivity contribution in [3.8, 4) is 22.8 Å². The number of nitrogens with zero attached hydrogens (tertiary/aromatic N) is 1. The molecule has 3 aromatic rings. The first kappa shape index (κ1) is 16.8. The van der Waals surface area contributed by atoms with Gasteiger partial charge in [-0.05, 0) is 35.4 Å². The summed E-state index contributed by atoms with van der Waals surface area (Å²) in [4.78, 5) is 0. The molecule has 1 unspecified atom stereocenters. The summed E-state index contributed by atoms with van der Waals surface area (Å²) in [5.41, 5.74) is 5.52. The highest BCUT2D eigenvalue weighted by molar-refractivity contribution is 6.30. The number of anilines is 1. The molecule has 1 heterocycles. The van der Waals surface area contributed by atoms with Crippen LogP contribution in [0.3, 0.4) is 0 Å². The third-order valence-electron chi connectivity index (χ3n) is 4.87. The van der Waals surface area contributed by atoms with E-state index in [-0.39, 0.29) is 5.92 Å². The van der Waals surface area contributed by atoms with E-state index in [2.05, 4.69) is 22.4 Å². The van der Waals surface area contributed by atoms with E-state index in [1.54, 1.807) is 14.2 Å². The molecule has 4 rings (SSSR count). The first-order chi connectivity index (χ1) is 12.6. The third kappa shape index (κ3) is 2.69. The molecule has 1 aliphatic rings. The van der Waals surface area contributed by atoms with Gasteiger partial charge in [-0.15, -0.1) is 0 Å². The molecule has 0 amide bonds. The van der Waals surface area contributed by atoms with E-state index < -0.39 is 0 Å². The van der Waals surface area contributed by atoms with Gasteiger partial charge in [0.15, 0.2) is 11.5 Å². The second-order valence-corrected chi connectivity index (χ2v) is 6.80. The zero-order chi connectivity index (χ0) is 18.3. The Kier molecular flexibility index (Phi) is 4.24. The number of benzene rings is 2. The third-order valence-corrected chi connectivity index (χ3v) is 5.11. The van der Waals surface area contributed by atoms with Crippen LogP contribution in [0.5, 0.6) is 11.5 Å². The molecule has 1 aliphatic carbocycles. The molecule has 134 valence electrons. The van der Waals surface area contributed by atoms with Crippen LogP contribution in [0.4, 0.5) is 5.82 Å². The minimum atomic E-state index is 0.209. The number of nitrogens with one attached hydrogen (secondary N) is 2. The summed E-state index contributed by atoms with van der Waals surface area (Å²) in [6.45, 7) is 2.85. The lowest BCUT2D eigenvalue weighted by atomic mass is 9.99. The Morgan fingerprint density at radius 1 is 1.15 bits per heavy atom. The van der Waals surface area contributed by atoms with Crippen molar-refractivity contribution in [2.75, 3.05) is 19.5 Å². The highest BCUT2D eigenvalue weighted by atomic mass is 35.5. The number of fused-ring (bicyclic) bond motifs is 3. The Morgan fingerprint density at radius 3 is 2.65 bits per heavy atom. The zero-order valence-corrected chi connectivity index (χ0v) is 15.6. The zero-order valence-electron chi connectivity index (χ0n) is 14.9. The van der Waals surface area contributed by atoms with Crippen molar-refractivity contribution >= 4 is 17.4 Å². The summed E-state index contributed by atoms with van der Waals surface area (Å²) in [6.07, 6.45) is 0. The maximum atomic E-state index is 6.07. The van der Waals surface area contributed by atoms with Crippen molar-refractivity contribution in [2.45, 2.75) is 19.4 Å². The lowest BCUT2D eigenvalue weighted by Crippen LogP contribution is -2.03. The largest absolute Gasteiger partial charge is 0.493 e. The molecule has 26 heavy (non-hydrogen) atoms. The maximum Gasteiger partial charge on any atom is 0.161 e. The predicted octanol–water partition coefficient (Wildman–Crippen LogP) is 4.82. The number of ether oxygens (including phenoxy) is 2. The molecule has 6 heteroatoms. The van der Waals surface area contributed by atoms with Gasteiger partial charge in [-0.1, -0.05) is 30.7 Å². The Labute approximate surface area is 157 Å². The van der Waals surface area contributed by atoms with Crippen molar-refractivity contribution in [1.82, 2.24) is 10.2 Å². The van der Waals surface area contributed by atoms with Crippen LogP contribution in [-0.2, 0) is 6.54 Å². The molecule has 0 saturated carbocycles. The normalized spacial score (nSPS) is 14.7. The second kappa shape index (κ2) is 6.57. The molecule has 0 saturated heterocycles. The molecule has 0 fully saturated rings. The van der Waals surface area contributed by atoms with E-state index in [0.717, 1.165) is 39.0 Å². The molecule has 2 aromatic carbocycles. The Morgan fingerprint density at radius 2 is 1.92 bits per heavy atom. The van der Waals surface area contributed by atoms with Gasteiger partial charge >= 0.3 is 0 Å². The fraction of sp³-hybridized carbons (Fsp3) is 0.250. The van der Waals surface area contributed by atoms with Crippen LogP contribution in [0.15, 0.2) is 36.4 Å². The molecule has 1 atom stereocenters. The summed E-state index contributed by atoms with van der Waals surface area (Å²) in [7, 11) is 3.30. The van der Waals surface area contributed by atoms with E-state index in [1.807, 2.05) is 36.4 Å². The van der Waals surface area contributed by atoms with Gasteiger partial charge in [0.25, 0.3) is 0 Å². The Hall–Kier alpha value is -2.66. The number of halogens is 1. The Balaban J connectivity index is 1.66. The fourth-order valence-corrected chi connectivity index (χ4v) is 3.78. The summed E-state index contributed by atoms with van der Waals surface area (Å²) in [5, 5.41) is 11.9. The van der Waals surface area contributed by atoms with Gasteiger partial charge in [-0.3, -0.25) is 5.10 Å². The van der Waals surface area contributed by atoms with Gasteiger partial charge in [0, 0.05) is 28.6 Å². The predicted molar refractivity (Wildman–Crippen MR) is 103 cm³/mol. The van der Waals surface area contributed by atoms with Crippen molar-refractivity contribution in [2.24, 2.45) is 0 Å². The topological polar surface area (TPSA) is 59.2 Å². The van der Waals surface area contributed by atoms with E-state index in [4.69, 9.17) is 21.1 Å². The fourth-order valence-electron chi connectivity index (χ4n) is 3.56. The summed E-state index contributed by atoms with van der Waals surface area (Å²) in [5.74, 6) is 2.59. The Bertz CT molecular complexity index is 968. The molecule has 0 radical (unpaired) electrons. The number of aromatic nitrogens is 2. The molecule has 0 bridgehead atoms. The smallest absolute Gasteiger partial charge is 0.161 e. The lowest BCUT2D eigenvalue weighted by Gasteiger charge is -2.13. The standard InChI is InChI=1S/C20H20ClN3O2/c1-11-14-8-16(25-2)17(26-3)9-15(14)19-18(11)20(24-23-19)22-10-12-5-4-6-13(21)7-12/h4-9,11H,10H2,1-3H3,(H2,22,23,24). The molecule has 0 spiro atoms. The van der Waals surface area contributed by atoms with Crippen LogP contribution < -0.4 is 14.8 Å². The van der Waals surface area contributed by atoms with E-state index in [1.165, 1.54) is 5.56 Å². The minimum absolute atomic E-state index is 0.209. The number of H-pyrrole nitrogens is 1. The van der Waals surface area contributed by atoms with Crippen molar-refractivity contribution in [3.05, 3.63) is 58.1 Å². The average molecular weight is 370 g/mol. The first-order valence-electron chi connectivity index (χ1n) is 8.45. The van der Waals surface area contributed by atoms with E-state index >= 15 is 0 Å². The van der Waals surface area contributed by atoms with Gasteiger partial charge in [0.2, 0.25) is 0 Å². The number of rotatable bonds is 5. The van der Waals surface area contributed by atoms with E-state index in [0.29, 0.717) is 12.3 Å². The molecule has 2 N–H and O–H groups in total. The maximum absolute atomic E-state index is 6.07. The summed E-state index contributed by atoms with van der Waals surface area (Å²) in [6, 6.07) is 11.9. The molecule has 0 aliphatic heterocycles. The SMILES string of the molecule is COc1cc2c(cc1OC)C(C)c1c-2n[nH]c1NCc1cccc(Cl)c1. The van der Waals surface area contributed by atoms with Crippen LogP contribution >= 0.6 is 11.6 Å². The number of hydrogen-bond acceptors (Lipinski definition) is 4. The first-order valence-corrected chi connectivity index (χ1v) is 8.83. The molecular formula is C20H20ClN3O2. The molecule has 5 nitrogen and oxygen atoms in total. The molecular weight excluding hydrogens is 350 g/mol. The molecule has 1 aromatic heterocycles. The monoisotopic (exact) mass is 369 g/mol. The van der Waals surface area contributed by atoms with Crippen LogP contribution in [0.1, 0.15) is 29.5 Å². The number of methoxy groups -OCH3 is 2. The highest BCUT2D eigenvalue weighted by Gasteiger charge is 2.32. The van der Waals surface area contributed by atoms with Crippen molar-refractivity contribution < 1.29 is 9.47 Å². The minimum Gasteiger partial charge on any atom is -0.493 e. The second-order valence-electron chi connectivity index (χ2n) is 6.36. The van der Waals surface area contributed by atoms with Crippen LogP contribution in [0.2, 0.25) is 5.02 Å². The van der Waals surface area contributed by atoms with Gasteiger partial charge in [-0.2, -0.15) is 5.10 Å². The van der Waals surface area contributed by atoms with Crippen LogP contribution in [0.25, 0.3) is 11.3 Å².